The van der Waals surface area contributed by atoms with E-state index in [1.807, 2.05) is 50.2 Å². The fraction of sp³-hybridized carbons (Fsp3) is 0.190. The Hall–Kier alpha value is -3.21. The van der Waals surface area contributed by atoms with E-state index in [-0.39, 0.29) is 5.91 Å². The van der Waals surface area contributed by atoms with Crippen LogP contribution in [0.15, 0.2) is 54.9 Å². The number of amides is 1. The molecule has 0 aliphatic carbocycles. The Morgan fingerprint density at radius 3 is 2.46 bits per heavy atom. The van der Waals surface area contributed by atoms with Crippen LogP contribution in [-0.4, -0.2) is 15.9 Å². The highest BCUT2D eigenvalue weighted by molar-refractivity contribution is 5.92. The molecule has 5 nitrogen and oxygen atoms in total. The van der Waals surface area contributed by atoms with E-state index in [9.17, 15) is 4.79 Å². The molecule has 1 amide bonds. The molecule has 5 heteroatoms. The Labute approximate surface area is 153 Å². The molecule has 0 aliphatic heterocycles. The summed E-state index contributed by atoms with van der Waals surface area (Å²) in [5, 5.41) is 6.10. The summed E-state index contributed by atoms with van der Waals surface area (Å²) in [5.74, 6) is 0.367. The van der Waals surface area contributed by atoms with Crippen LogP contribution in [0, 0.1) is 20.8 Å². The maximum Gasteiger partial charge on any atom is 0.271 e. The van der Waals surface area contributed by atoms with Crippen molar-refractivity contribution >= 4 is 17.4 Å². The minimum absolute atomic E-state index is 0.237. The van der Waals surface area contributed by atoms with Gasteiger partial charge in [0.25, 0.3) is 5.91 Å². The van der Waals surface area contributed by atoms with Gasteiger partial charge in [0.05, 0.1) is 12.4 Å². The third-order valence-electron chi connectivity index (χ3n) is 4.23. The highest BCUT2D eigenvalue weighted by Gasteiger charge is 2.09. The second-order valence-electron chi connectivity index (χ2n) is 6.34. The van der Waals surface area contributed by atoms with E-state index in [0.717, 1.165) is 22.4 Å². The van der Waals surface area contributed by atoms with Crippen LogP contribution in [0.4, 0.5) is 11.5 Å². The lowest BCUT2D eigenvalue weighted by Crippen LogP contribution is -2.24. The number of aryl methyl sites for hydroxylation is 3. The summed E-state index contributed by atoms with van der Waals surface area (Å²) in [6.07, 6.45) is 3.06. The summed E-state index contributed by atoms with van der Waals surface area (Å²) in [4.78, 5) is 20.8. The van der Waals surface area contributed by atoms with Gasteiger partial charge in [-0.1, -0.05) is 42.0 Å². The van der Waals surface area contributed by atoms with Gasteiger partial charge >= 0.3 is 0 Å². The molecule has 0 bridgehead atoms. The molecule has 0 saturated heterocycles. The molecular formula is C21H22N4O. The lowest BCUT2D eigenvalue weighted by Gasteiger charge is -2.10. The van der Waals surface area contributed by atoms with Crippen LogP contribution in [0.25, 0.3) is 0 Å². The molecule has 0 atom stereocenters. The molecule has 2 aromatic carbocycles. The molecule has 0 radical (unpaired) electrons. The number of aromatic nitrogens is 2. The van der Waals surface area contributed by atoms with Gasteiger partial charge in [-0.25, -0.2) is 9.97 Å². The SMILES string of the molecule is Cc1ccc(Nc2cnc(C(=O)NCc3ccccc3C)cn2)c(C)c1. The minimum atomic E-state index is -0.237. The van der Waals surface area contributed by atoms with Gasteiger partial charge in [0.15, 0.2) is 0 Å². The van der Waals surface area contributed by atoms with Gasteiger partial charge in [-0.15, -0.1) is 0 Å². The molecule has 0 saturated carbocycles. The number of rotatable bonds is 5. The Kier molecular flexibility index (Phi) is 5.27. The van der Waals surface area contributed by atoms with Crippen molar-refractivity contribution in [1.29, 1.82) is 0 Å². The van der Waals surface area contributed by atoms with Crippen LogP contribution in [-0.2, 0) is 6.54 Å². The smallest absolute Gasteiger partial charge is 0.271 e. The van der Waals surface area contributed by atoms with E-state index in [2.05, 4.69) is 33.6 Å². The highest BCUT2D eigenvalue weighted by atomic mass is 16.1. The topological polar surface area (TPSA) is 66.9 Å². The first kappa shape index (κ1) is 17.6. The largest absolute Gasteiger partial charge is 0.347 e. The Morgan fingerprint density at radius 1 is 0.962 bits per heavy atom. The Bertz CT molecular complexity index is 920. The molecule has 3 rings (SSSR count). The number of carbonyl (C=O) groups excluding carboxylic acids is 1. The number of hydrogen-bond acceptors (Lipinski definition) is 4. The van der Waals surface area contributed by atoms with Gasteiger partial charge < -0.3 is 10.6 Å². The van der Waals surface area contributed by atoms with Crippen LogP contribution >= 0.6 is 0 Å². The van der Waals surface area contributed by atoms with Crippen molar-refractivity contribution in [2.45, 2.75) is 27.3 Å². The molecule has 0 fully saturated rings. The first-order valence-corrected chi connectivity index (χ1v) is 8.52. The molecule has 26 heavy (non-hydrogen) atoms. The molecule has 1 aromatic heterocycles. The first-order valence-electron chi connectivity index (χ1n) is 8.52. The van der Waals surface area contributed by atoms with Crippen molar-refractivity contribution in [1.82, 2.24) is 15.3 Å². The lowest BCUT2D eigenvalue weighted by atomic mass is 10.1. The zero-order valence-corrected chi connectivity index (χ0v) is 15.2. The molecule has 3 aromatic rings. The third kappa shape index (κ3) is 4.25. The molecule has 2 N–H and O–H groups in total. The standard InChI is InChI=1S/C21H22N4O/c1-14-8-9-18(16(3)10-14)25-20-13-22-19(12-23-20)21(26)24-11-17-7-5-4-6-15(17)2/h4-10,12-13H,11H2,1-3H3,(H,23,25)(H,24,26). The average molecular weight is 346 g/mol. The quantitative estimate of drug-likeness (QED) is 0.731. The maximum absolute atomic E-state index is 12.3. The summed E-state index contributed by atoms with van der Waals surface area (Å²) in [6, 6.07) is 14.1. The van der Waals surface area contributed by atoms with Crippen LogP contribution in [0.2, 0.25) is 0 Å². The predicted octanol–water partition coefficient (Wildman–Crippen LogP) is 4.08. The van der Waals surface area contributed by atoms with E-state index in [4.69, 9.17) is 0 Å². The van der Waals surface area contributed by atoms with E-state index < -0.39 is 0 Å². The number of carbonyl (C=O) groups is 1. The van der Waals surface area contributed by atoms with Gasteiger partial charge in [0.1, 0.15) is 11.5 Å². The number of anilines is 2. The molecule has 1 heterocycles. The summed E-state index contributed by atoms with van der Waals surface area (Å²) in [5.41, 5.74) is 5.84. The zero-order chi connectivity index (χ0) is 18.5. The van der Waals surface area contributed by atoms with Gasteiger partial charge in [-0.05, 0) is 43.5 Å². The highest BCUT2D eigenvalue weighted by Crippen LogP contribution is 2.19. The fourth-order valence-electron chi connectivity index (χ4n) is 2.68. The van der Waals surface area contributed by atoms with Crippen molar-refractivity contribution in [3.05, 3.63) is 82.8 Å². The monoisotopic (exact) mass is 346 g/mol. The van der Waals surface area contributed by atoms with Crippen molar-refractivity contribution < 1.29 is 4.79 Å². The van der Waals surface area contributed by atoms with Gasteiger partial charge in [0.2, 0.25) is 0 Å². The van der Waals surface area contributed by atoms with E-state index in [0.29, 0.717) is 18.1 Å². The van der Waals surface area contributed by atoms with Crippen LogP contribution < -0.4 is 10.6 Å². The zero-order valence-electron chi connectivity index (χ0n) is 15.2. The number of hydrogen-bond donors (Lipinski definition) is 2. The molecule has 0 spiro atoms. The predicted molar refractivity (Wildman–Crippen MR) is 104 cm³/mol. The van der Waals surface area contributed by atoms with Crippen LogP contribution in [0.3, 0.4) is 0 Å². The summed E-state index contributed by atoms with van der Waals surface area (Å²) < 4.78 is 0. The van der Waals surface area contributed by atoms with Crippen molar-refractivity contribution in [3.63, 3.8) is 0 Å². The number of nitrogens with one attached hydrogen (secondary N) is 2. The third-order valence-corrected chi connectivity index (χ3v) is 4.23. The lowest BCUT2D eigenvalue weighted by molar-refractivity contribution is 0.0945. The van der Waals surface area contributed by atoms with Crippen LogP contribution in [0.5, 0.6) is 0 Å². The second-order valence-corrected chi connectivity index (χ2v) is 6.34. The summed E-state index contributed by atoms with van der Waals surface area (Å²) in [6.45, 7) is 6.58. The minimum Gasteiger partial charge on any atom is -0.347 e. The van der Waals surface area contributed by atoms with Crippen molar-refractivity contribution in [2.24, 2.45) is 0 Å². The van der Waals surface area contributed by atoms with Gasteiger partial charge in [-0.2, -0.15) is 0 Å². The molecular weight excluding hydrogens is 324 g/mol. The average Bonchev–Trinajstić information content (AvgIpc) is 2.64. The van der Waals surface area contributed by atoms with Gasteiger partial charge in [-0.3, -0.25) is 4.79 Å². The first-order chi connectivity index (χ1) is 12.5. The van der Waals surface area contributed by atoms with Crippen LogP contribution in [0.1, 0.15) is 32.7 Å². The van der Waals surface area contributed by atoms with E-state index in [1.165, 1.54) is 11.8 Å². The normalized spacial score (nSPS) is 10.4. The molecule has 0 aliphatic rings. The fourth-order valence-corrected chi connectivity index (χ4v) is 2.68. The molecule has 132 valence electrons. The molecule has 0 unspecified atom stereocenters. The number of nitrogens with zero attached hydrogens (tertiary/aromatic N) is 2. The second kappa shape index (κ2) is 7.78. The summed E-state index contributed by atoms with van der Waals surface area (Å²) >= 11 is 0. The van der Waals surface area contributed by atoms with E-state index in [1.54, 1.807) is 6.20 Å². The Balaban J connectivity index is 1.63. The maximum atomic E-state index is 12.3. The van der Waals surface area contributed by atoms with E-state index >= 15 is 0 Å². The Morgan fingerprint density at radius 2 is 1.77 bits per heavy atom. The summed E-state index contributed by atoms with van der Waals surface area (Å²) in [7, 11) is 0. The van der Waals surface area contributed by atoms with Crippen molar-refractivity contribution in [2.75, 3.05) is 5.32 Å². The van der Waals surface area contributed by atoms with Gasteiger partial charge in [0, 0.05) is 12.2 Å². The van der Waals surface area contributed by atoms with Crippen molar-refractivity contribution in [3.8, 4) is 0 Å². The number of benzene rings is 2.